The molecule has 98 valence electrons. The van der Waals surface area contributed by atoms with Gasteiger partial charge in [0.2, 0.25) is 0 Å². The molecule has 1 aliphatic heterocycles. The van der Waals surface area contributed by atoms with E-state index in [1.807, 2.05) is 39.8 Å². The Morgan fingerprint density at radius 3 is 2.72 bits per heavy atom. The number of nitrogens with zero attached hydrogens (tertiary/aromatic N) is 1. The van der Waals surface area contributed by atoms with Crippen molar-refractivity contribution in [1.29, 1.82) is 0 Å². The van der Waals surface area contributed by atoms with E-state index in [0.29, 0.717) is 0 Å². The highest BCUT2D eigenvalue weighted by molar-refractivity contribution is 9.10. The van der Waals surface area contributed by atoms with Gasteiger partial charge in [-0.05, 0) is 57.9 Å². The minimum atomic E-state index is -0.463. The molecule has 0 fully saturated rings. The zero-order valence-electron chi connectivity index (χ0n) is 11.2. The third-order valence-electron chi connectivity index (χ3n) is 2.85. The van der Waals surface area contributed by atoms with E-state index >= 15 is 0 Å². The van der Waals surface area contributed by atoms with Gasteiger partial charge in [-0.15, -0.1) is 0 Å². The molecule has 3 nitrogen and oxygen atoms in total. The monoisotopic (exact) mass is 311 g/mol. The third kappa shape index (κ3) is 2.69. The van der Waals surface area contributed by atoms with Crippen LogP contribution in [-0.2, 0) is 11.2 Å². The molecule has 1 aliphatic rings. The number of halogens is 1. The van der Waals surface area contributed by atoms with Crippen LogP contribution >= 0.6 is 15.9 Å². The molecule has 1 aromatic rings. The molecule has 4 heteroatoms. The largest absolute Gasteiger partial charge is 0.443 e. The second-order valence-corrected chi connectivity index (χ2v) is 6.59. The van der Waals surface area contributed by atoms with Gasteiger partial charge in [-0.25, -0.2) is 4.79 Å². The fourth-order valence-corrected chi connectivity index (χ4v) is 2.60. The maximum absolute atomic E-state index is 12.2. The van der Waals surface area contributed by atoms with E-state index in [4.69, 9.17) is 4.74 Å². The predicted molar refractivity (Wildman–Crippen MR) is 76.0 cm³/mol. The van der Waals surface area contributed by atoms with E-state index in [1.54, 1.807) is 4.90 Å². The molecule has 1 atom stereocenters. The second kappa shape index (κ2) is 4.57. The molecule has 0 saturated carbocycles. The standard InChI is InChI=1S/C14H18BrNO2/c1-9-7-10-8-11(15)5-6-12(10)16(9)13(17)18-14(2,3)4/h5-6,8-9H,7H2,1-4H3. The highest BCUT2D eigenvalue weighted by Gasteiger charge is 2.33. The van der Waals surface area contributed by atoms with Crippen LogP contribution in [-0.4, -0.2) is 17.7 Å². The second-order valence-electron chi connectivity index (χ2n) is 5.68. The first-order valence-corrected chi connectivity index (χ1v) is 6.88. The summed E-state index contributed by atoms with van der Waals surface area (Å²) in [5, 5.41) is 0. The van der Waals surface area contributed by atoms with Crippen LogP contribution in [0.3, 0.4) is 0 Å². The Labute approximate surface area is 116 Å². The molecule has 1 aromatic carbocycles. The van der Waals surface area contributed by atoms with E-state index in [9.17, 15) is 4.79 Å². The lowest BCUT2D eigenvalue weighted by Gasteiger charge is -2.27. The van der Waals surface area contributed by atoms with Gasteiger partial charge in [-0.2, -0.15) is 0 Å². The number of rotatable bonds is 0. The van der Waals surface area contributed by atoms with Crippen molar-refractivity contribution in [3.63, 3.8) is 0 Å². The van der Waals surface area contributed by atoms with E-state index in [0.717, 1.165) is 16.6 Å². The van der Waals surface area contributed by atoms with E-state index in [1.165, 1.54) is 5.56 Å². The van der Waals surface area contributed by atoms with Crippen molar-refractivity contribution in [2.75, 3.05) is 4.90 Å². The van der Waals surface area contributed by atoms with Crippen LogP contribution in [0, 0.1) is 0 Å². The van der Waals surface area contributed by atoms with Gasteiger partial charge in [0.25, 0.3) is 0 Å². The fraction of sp³-hybridized carbons (Fsp3) is 0.500. The van der Waals surface area contributed by atoms with Crippen molar-refractivity contribution in [1.82, 2.24) is 0 Å². The molecule has 0 N–H and O–H groups in total. The SMILES string of the molecule is CC1Cc2cc(Br)ccc2N1C(=O)OC(C)(C)C. The molecular formula is C14H18BrNO2. The molecule has 0 radical (unpaired) electrons. The van der Waals surface area contributed by atoms with Crippen molar-refractivity contribution in [2.24, 2.45) is 0 Å². The lowest BCUT2D eigenvalue weighted by molar-refractivity contribution is 0.0572. The first-order chi connectivity index (χ1) is 8.28. The Balaban J connectivity index is 2.28. The van der Waals surface area contributed by atoms with Crippen LogP contribution in [0.25, 0.3) is 0 Å². The number of carbonyl (C=O) groups excluding carboxylic acids is 1. The van der Waals surface area contributed by atoms with Gasteiger partial charge in [-0.1, -0.05) is 15.9 Å². The molecule has 0 spiro atoms. The maximum atomic E-state index is 12.2. The van der Waals surface area contributed by atoms with E-state index in [-0.39, 0.29) is 12.1 Å². The number of anilines is 1. The van der Waals surface area contributed by atoms with Crippen LogP contribution in [0.15, 0.2) is 22.7 Å². The minimum Gasteiger partial charge on any atom is -0.443 e. The summed E-state index contributed by atoms with van der Waals surface area (Å²) in [6.07, 6.45) is 0.602. The lowest BCUT2D eigenvalue weighted by atomic mass is 10.1. The third-order valence-corrected chi connectivity index (χ3v) is 3.34. The molecule has 0 aliphatic carbocycles. The van der Waals surface area contributed by atoms with Crippen LogP contribution in [0.1, 0.15) is 33.3 Å². The molecular weight excluding hydrogens is 294 g/mol. The highest BCUT2D eigenvalue weighted by atomic mass is 79.9. The van der Waals surface area contributed by atoms with Crippen molar-refractivity contribution in [2.45, 2.75) is 45.8 Å². The van der Waals surface area contributed by atoms with Gasteiger partial charge in [-0.3, -0.25) is 4.90 Å². The van der Waals surface area contributed by atoms with E-state index < -0.39 is 5.60 Å². The number of carbonyl (C=O) groups is 1. The van der Waals surface area contributed by atoms with Gasteiger partial charge in [0.15, 0.2) is 0 Å². The van der Waals surface area contributed by atoms with E-state index in [2.05, 4.69) is 22.0 Å². The van der Waals surface area contributed by atoms with Gasteiger partial charge in [0.1, 0.15) is 5.60 Å². The van der Waals surface area contributed by atoms with Gasteiger partial charge in [0.05, 0.1) is 5.69 Å². The molecule has 18 heavy (non-hydrogen) atoms. The average Bonchev–Trinajstić information content (AvgIpc) is 2.50. The summed E-state index contributed by atoms with van der Waals surface area (Å²) in [7, 11) is 0. The lowest BCUT2D eigenvalue weighted by Crippen LogP contribution is -2.40. The number of hydrogen-bond acceptors (Lipinski definition) is 2. The Bertz CT molecular complexity index is 479. The fourth-order valence-electron chi connectivity index (χ4n) is 2.19. The Kier molecular flexibility index (Phi) is 3.41. The predicted octanol–water partition coefficient (Wildman–Crippen LogP) is 4.14. The summed E-state index contributed by atoms with van der Waals surface area (Å²) in [4.78, 5) is 14.0. The topological polar surface area (TPSA) is 29.5 Å². The summed E-state index contributed by atoms with van der Waals surface area (Å²) < 4.78 is 6.50. The van der Waals surface area contributed by atoms with Crippen LogP contribution in [0.4, 0.5) is 10.5 Å². The smallest absolute Gasteiger partial charge is 0.415 e. The summed E-state index contributed by atoms with van der Waals surface area (Å²) in [6.45, 7) is 7.69. The van der Waals surface area contributed by atoms with Gasteiger partial charge < -0.3 is 4.74 Å². The minimum absolute atomic E-state index is 0.143. The zero-order valence-corrected chi connectivity index (χ0v) is 12.7. The first-order valence-electron chi connectivity index (χ1n) is 6.08. The summed E-state index contributed by atoms with van der Waals surface area (Å²) in [6, 6.07) is 6.13. The van der Waals surface area contributed by atoms with Crippen molar-refractivity contribution in [3.05, 3.63) is 28.2 Å². The van der Waals surface area contributed by atoms with Gasteiger partial charge in [0, 0.05) is 10.5 Å². The quantitative estimate of drug-likeness (QED) is 0.721. The highest BCUT2D eigenvalue weighted by Crippen LogP contribution is 2.35. The first kappa shape index (κ1) is 13.4. The number of fused-ring (bicyclic) bond motifs is 1. The number of benzene rings is 1. The summed E-state index contributed by atoms with van der Waals surface area (Å²) in [5.74, 6) is 0. The zero-order chi connectivity index (χ0) is 13.5. The van der Waals surface area contributed by atoms with Crippen molar-refractivity contribution >= 4 is 27.7 Å². The van der Waals surface area contributed by atoms with Crippen molar-refractivity contribution < 1.29 is 9.53 Å². The maximum Gasteiger partial charge on any atom is 0.415 e. The van der Waals surface area contributed by atoms with Crippen LogP contribution in [0.5, 0.6) is 0 Å². The molecule has 0 saturated heterocycles. The van der Waals surface area contributed by atoms with Crippen molar-refractivity contribution in [3.8, 4) is 0 Å². The number of hydrogen-bond donors (Lipinski definition) is 0. The number of ether oxygens (including phenoxy) is 1. The molecule has 2 rings (SSSR count). The summed E-state index contributed by atoms with van der Waals surface area (Å²) in [5.41, 5.74) is 1.68. The molecule has 1 amide bonds. The molecule has 0 bridgehead atoms. The molecule has 1 heterocycles. The normalized spacial score (nSPS) is 18.7. The summed E-state index contributed by atoms with van der Waals surface area (Å²) >= 11 is 3.46. The van der Waals surface area contributed by atoms with Gasteiger partial charge >= 0.3 is 6.09 Å². The van der Waals surface area contributed by atoms with Crippen LogP contribution < -0.4 is 4.90 Å². The Morgan fingerprint density at radius 1 is 1.44 bits per heavy atom. The molecule has 0 aromatic heterocycles. The van der Waals surface area contributed by atoms with Crippen LogP contribution in [0.2, 0.25) is 0 Å². The Morgan fingerprint density at radius 2 is 2.11 bits per heavy atom. The molecule has 1 unspecified atom stereocenters. The average molecular weight is 312 g/mol. The number of amides is 1. The Hall–Kier alpha value is -1.03.